The third-order valence-electron chi connectivity index (χ3n) is 4.30. The Morgan fingerprint density at radius 3 is 2.81 bits per heavy atom. The maximum absolute atomic E-state index is 12.8. The van der Waals surface area contributed by atoms with Crippen LogP contribution >= 0.6 is 0 Å². The fraction of sp³-hybridized carbons (Fsp3) is 0.444. The number of nitrogens with zero attached hydrogens (tertiary/aromatic N) is 2. The number of allylic oxidation sites excluding steroid dienone is 1. The number of aryl methyl sites for hydroxylation is 1. The molecule has 1 atom stereocenters. The van der Waals surface area contributed by atoms with Gasteiger partial charge in [0.05, 0.1) is 24.1 Å². The summed E-state index contributed by atoms with van der Waals surface area (Å²) in [5.41, 5.74) is 2.95. The molecule has 0 fully saturated rings. The second-order valence-electron chi connectivity index (χ2n) is 7.05. The second-order valence-corrected chi connectivity index (χ2v) is 7.05. The number of aromatic nitrogens is 3. The maximum Gasteiger partial charge on any atom is 0.319 e. The molecule has 2 aromatic rings. The average Bonchev–Trinajstić information content (AvgIpc) is 3.20. The van der Waals surface area contributed by atoms with Crippen LogP contribution in [0.5, 0.6) is 0 Å². The molecule has 0 radical (unpaired) electrons. The highest BCUT2D eigenvalue weighted by molar-refractivity contribution is 5.98. The molecule has 0 aliphatic carbocycles. The van der Waals surface area contributed by atoms with E-state index in [4.69, 9.17) is 4.52 Å². The Labute approximate surface area is 157 Å². The number of nitrogens with one attached hydrogen (secondary N) is 4. The van der Waals surface area contributed by atoms with E-state index in [1.54, 1.807) is 6.92 Å². The molecule has 2 aromatic heterocycles. The first-order valence-corrected chi connectivity index (χ1v) is 8.86. The normalized spacial score (nSPS) is 17.1. The van der Waals surface area contributed by atoms with Crippen LogP contribution in [-0.4, -0.2) is 27.1 Å². The van der Waals surface area contributed by atoms with Gasteiger partial charge >= 0.3 is 6.03 Å². The lowest BCUT2D eigenvalue weighted by atomic mass is 9.98. The van der Waals surface area contributed by atoms with Crippen LogP contribution in [0.15, 0.2) is 28.2 Å². The monoisotopic (exact) mass is 372 g/mol. The van der Waals surface area contributed by atoms with Crippen molar-refractivity contribution in [1.29, 1.82) is 0 Å². The minimum atomic E-state index is -0.626. The van der Waals surface area contributed by atoms with Crippen LogP contribution < -0.4 is 16.0 Å². The van der Waals surface area contributed by atoms with Crippen molar-refractivity contribution in [1.82, 2.24) is 31.1 Å². The summed E-state index contributed by atoms with van der Waals surface area (Å²) in [7, 11) is 0. The molecule has 0 saturated heterocycles. The van der Waals surface area contributed by atoms with Crippen LogP contribution in [0.25, 0.3) is 0 Å². The highest BCUT2D eigenvalue weighted by atomic mass is 16.5. The van der Waals surface area contributed by atoms with Crippen molar-refractivity contribution in [2.24, 2.45) is 5.92 Å². The van der Waals surface area contributed by atoms with E-state index in [9.17, 15) is 9.59 Å². The third-order valence-corrected chi connectivity index (χ3v) is 4.30. The number of hydrogen-bond acceptors (Lipinski definition) is 5. The molecule has 0 aromatic carbocycles. The Balaban J connectivity index is 1.75. The molecule has 9 nitrogen and oxygen atoms in total. The van der Waals surface area contributed by atoms with Gasteiger partial charge < -0.3 is 25.5 Å². The molecular formula is C18H24N6O3. The maximum atomic E-state index is 12.8. The van der Waals surface area contributed by atoms with Crippen LogP contribution in [0.4, 0.5) is 4.79 Å². The highest BCUT2D eigenvalue weighted by Crippen LogP contribution is 2.27. The minimum Gasteiger partial charge on any atom is -0.361 e. The number of carbonyl (C=O) groups is 2. The molecule has 9 heteroatoms. The quantitative estimate of drug-likeness (QED) is 0.616. The summed E-state index contributed by atoms with van der Waals surface area (Å²) >= 11 is 0. The zero-order chi connectivity index (χ0) is 19.6. The van der Waals surface area contributed by atoms with Gasteiger partial charge in [0, 0.05) is 23.9 Å². The Morgan fingerprint density at radius 1 is 1.37 bits per heavy atom. The van der Waals surface area contributed by atoms with Crippen LogP contribution in [-0.2, 0) is 17.8 Å². The lowest BCUT2D eigenvalue weighted by Crippen LogP contribution is -2.47. The Morgan fingerprint density at radius 2 is 2.15 bits per heavy atom. The topological polar surface area (TPSA) is 125 Å². The summed E-state index contributed by atoms with van der Waals surface area (Å²) in [5.74, 6) is 0.949. The summed E-state index contributed by atoms with van der Waals surface area (Å²) in [6.07, 6.45) is 2.33. The molecule has 0 bridgehead atoms. The summed E-state index contributed by atoms with van der Waals surface area (Å²) in [6.45, 7) is 7.96. The molecule has 27 heavy (non-hydrogen) atoms. The largest absolute Gasteiger partial charge is 0.361 e. The lowest BCUT2D eigenvalue weighted by Gasteiger charge is -2.27. The van der Waals surface area contributed by atoms with Gasteiger partial charge in [-0.1, -0.05) is 19.0 Å². The van der Waals surface area contributed by atoms with Gasteiger partial charge in [-0.2, -0.15) is 0 Å². The third kappa shape index (κ3) is 4.18. The van der Waals surface area contributed by atoms with Gasteiger partial charge in [-0.3, -0.25) is 4.79 Å². The van der Waals surface area contributed by atoms with E-state index in [0.717, 1.165) is 17.9 Å². The van der Waals surface area contributed by atoms with E-state index < -0.39 is 6.04 Å². The SMILES string of the molecule is CC1=C(C(=O)NCc2cc(CC(C)C)on2)[C@@H](c2nc[nH]c2C)NC(=O)N1. The molecule has 144 valence electrons. The van der Waals surface area contributed by atoms with Gasteiger partial charge in [0.1, 0.15) is 17.5 Å². The first-order chi connectivity index (χ1) is 12.8. The van der Waals surface area contributed by atoms with E-state index >= 15 is 0 Å². The predicted molar refractivity (Wildman–Crippen MR) is 97.3 cm³/mol. The number of rotatable bonds is 6. The number of imidazole rings is 1. The van der Waals surface area contributed by atoms with Crippen LogP contribution in [0.1, 0.15) is 49.7 Å². The summed E-state index contributed by atoms with van der Waals surface area (Å²) < 4.78 is 5.29. The molecule has 0 spiro atoms. The predicted octanol–water partition coefficient (Wildman–Crippen LogP) is 1.85. The zero-order valence-corrected chi connectivity index (χ0v) is 15.8. The van der Waals surface area contributed by atoms with E-state index in [2.05, 4.69) is 44.9 Å². The second kappa shape index (κ2) is 7.65. The van der Waals surface area contributed by atoms with E-state index in [-0.39, 0.29) is 18.5 Å². The van der Waals surface area contributed by atoms with Gasteiger partial charge in [0.15, 0.2) is 0 Å². The number of hydrogen-bond donors (Lipinski definition) is 4. The fourth-order valence-corrected chi connectivity index (χ4v) is 3.06. The standard InChI is InChI=1S/C18H24N6O3/c1-9(2)5-13-6-12(24-27-13)7-19-17(25)14-10(3)22-18(26)23-16(14)15-11(4)20-8-21-15/h6,8-9,16H,5,7H2,1-4H3,(H,19,25)(H,20,21)(H2,22,23,26)/t16-/m0/s1. The van der Waals surface area contributed by atoms with Crippen LogP contribution in [0, 0.1) is 12.8 Å². The van der Waals surface area contributed by atoms with Crippen molar-refractivity contribution in [2.75, 3.05) is 0 Å². The Kier molecular flexibility index (Phi) is 5.29. The number of urea groups is 1. The minimum absolute atomic E-state index is 0.234. The Bertz CT molecular complexity index is 879. The lowest BCUT2D eigenvalue weighted by molar-refractivity contribution is -0.118. The summed E-state index contributed by atoms with van der Waals surface area (Å²) in [4.78, 5) is 31.9. The van der Waals surface area contributed by atoms with Crippen molar-refractivity contribution in [2.45, 2.75) is 46.7 Å². The molecule has 4 N–H and O–H groups in total. The van der Waals surface area contributed by atoms with Gasteiger partial charge in [-0.15, -0.1) is 0 Å². The van der Waals surface area contributed by atoms with Crippen LogP contribution in [0.2, 0.25) is 0 Å². The van der Waals surface area contributed by atoms with Crippen molar-refractivity contribution in [3.8, 4) is 0 Å². The molecule has 3 heterocycles. The van der Waals surface area contributed by atoms with Gasteiger partial charge in [-0.25, -0.2) is 9.78 Å². The smallest absolute Gasteiger partial charge is 0.319 e. The van der Waals surface area contributed by atoms with Crippen molar-refractivity contribution in [3.63, 3.8) is 0 Å². The van der Waals surface area contributed by atoms with Crippen molar-refractivity contribution in [3.05, 3.63) is 46.5 Å². The Hall–Kier alpha value is -3.10. The van der Waals surface area contributed by atoms with Crippen LogP contribution in [0.3, 0.4) is 0 Å². The number of H-pyrrole nitrogens is 1. The number of amides is 3. The molecule has 3 amide bonds. The number of carbonyl (C=O) groups excluding carboxylic acids is 2. The number of aromatic amines is 1. The average molecular weight is 372 g/mol. The van der Waals surface area contributed by atoms with Crippen molar-refractivity contribution >= 4 is 11.9 Å². The fourth-order valence-electron chi connectivity index (χ4n) is 3.06. The van der Waals surface area contributed by atoms with E-state index in [0.29, 0.717) is 28.6 Å². The molecule has 3 rings (SSSR count). The molecule has 1 aliphatic heterocycles. The summed E-state index contributed by atoms with van der Waals surface area (Å²) in [6, 6.07) is 0.850. The van der Waals surface area contributed by atoms with Gasteiger partial charge in [0.25, 0.3) is 5.91 Å². The van der Waals surface area contributed by atoms with E-state index in [1.165, 1.54) is 6.33 Å². The van der Waals surface area contributed by atoms with Gasteiger partial charge in [0.2, 0.25) is 0 Å². The van der Waals surface area contributed by atoms with Gasteiger partial charge in [-0.05, 0) is 19.8 Å². The summed E-state index contributed by atoms with van der Waals surface area (Å²) in [5, 5.41) is 12.2. The van der Waals surface area contributed by atoms with Crippen molar-refractivity contribution < 1.29 is 14.1 Å². The first kappa shape index (κ1) is 18.7. The van der Waals surface area contributed by atoms with E-state index in [1.807, 2.05) is 13.0 Å². The highest BCUT2D eigenvalue weighted by Gasteiger charge is 2.33. The molecular weight excluding hydrogens is 348 g/mol. The molecule has 0 saturated carbocycles. The molecule has 0 unspecified atom stereocenters. The first-order valence-electron chi connectivity index (χ1n) is 8.86. The molecule has 1 aliphatic rings. The zero-order valence-electron chi connectivity index (χ0n) is 15.8.